The third-order valence-electron chi connectivity index (χ3n) is 3.27. The van der Waals surface area contributed by atoms with E-state index in [-0.39, 0.29) is 10.8 Å². The fraction of sp³-hybridized carbons (Fsp3) is 0.571. The van der Waals surface area contributed by atoms with Gasteiger partial charge in [-0.1, -0.05) is 17.7 Å². The van der Waals surface area contributed by atoms with Gasteiger partial charge in [0, 0.05) is 32.2 Å². The molecule has 1 N–H and O–H groups in total. The molecule has 19 heavy (non-hydrogen) atoms. The van der Waals surface area contributed by atoms with Gasteiger partial charge in [-0.25, -0.2) is 4.39 Å². The Morgan fingerprint density at radius 2 is 2.16 bits per heavy atom. The van der Waals surface area contributed by atoms with Crippen LogP contribution in [0.4, 0.5) is 4.39 Å². The summed E-state index contributed by atoms with van der Waals surface area (Å²) in [6.07, 6.45) is 0. The van der Waals surface area contributed by atoms with Crippen LogP contribution in [0, 0.1) is 5.82 Å². The fourth-order valence-corrected chi connectivity index (χ4v) is 2.29. The van der Waals surface area contributed by atoms with Crippen molar-refractivity contribution in [1.82, 2.24) is 10.2 Å². The molecule has 0 aromatic heterocycles. The number of nitrogens with one attached hydrogen (secondary N) is 1. The van der Waals surface area contributed by atoms with E-state index in [0.29, 0.717) is 12.6 Å². The first-order chi connectivity index (χ1) is 9.15. The second kappa shape index (κ2) is 7.20. The molecule has 0 aliphatic carbocycles. The minimum Gasteiger partial charge on any atom is -0.379 e. The molecule has 1 aromatic carbocycles. The zero-order chi connectivity index (χ0) is 13.7. The van der Waals surface area contributed by atoms with Crippen LogP contribution in [-0.4, -0.2) is 43.8 Å². The Kier molecular flexibility index (Phi) is 5.58. The minimum atomic E-state index is -0.359. The minimum absolute atomic E-state index is 0.171. The topological polar surface area (TPSA) is 24.5 Å². The monoisotopic (exact) mass is 286 g/mol. The number of ether oxygens (including phenoxy) is 1. The van der Waals surface area contributed by atoms with E-state index in [2.05, 4.69) is 17.1 Å². The average Bonchev–Trinajstić information content (AvgIpc) is 2.41. The van der Waals surface area contributed by atoms with Crippen molar-refractivity contribution in [3.63, 3.8) is 0 Å². The normalized spacial score (nSPS) is 18.5. The van der Waals surface area contributed by atoms with Crippen LogP contribution in [0.3, 0.4) is 0 Å². The van der Waals surface area contributed by atoms with Gasteiger partial charge in [-0.3, -0.25) is 4.90 Å². The molecule has 0 amide bonds. The first-order valence-electron chi connectivity index (χ1n) is 6.62. The Bertz CT molecular complexity index is 410. The fourth-order valence-electron chi connectivity index (χ4n) is 2.18. The Morgan fingerprint density at radius 1 is 1.42 bits per heavy atom. The molecule has 1 unspecified atom stereocenters. The molecule has 0 spiro atoms. The maximum Gasteiger partial charge on any atom is 0.142 e. The van der Waals surface area contributed by atoms with Crippen LogP contribution in [0.2, 0.25) is 5.02 Å². The maximum atomic E-state index is 13.3. The molecule has 106 valence electrons. The smallest absolute Gasteiger partial charge is 0.142 e. The maximum absolute atomic E-state index is 13.3. The molecule has 1 aliphatic rings. The summed E-state index contributed by atoms with van der Waals surface area (Å²) in [5.74, 6) is -0.359. The van der Waals surface area contributed by atoms with Crippen LogP contribution in [0.25, 0.3) is 0 Å². The number of hydrogen-bond donors (Lipinski definition) is 1. The number of rotatable bonds is 5. The summed E-state index contributed by atoms with van der Waals surface area (Å²) in [4.78, 5) is 2.38. The summed E-state index contributed by atoms with van der Waals surface area (Å²) in [5.41, 5.74) is 0.913. The Labute approximate surface area is 118 Å². The molecule has 1 aromatic rings. The van der Waals surface area contributed by atoms with Crippen molar-refractivity contribution in [3.05, 3.63) is 34.6 Å². The van der Waals surface area contributed by atoms with Gasteiger partial charge in [0.1, 0.15) is 5.82 Å². The quantitative estimate of drug-likeness (QED) is 0.899. The lowest BCUT2D eigenvalue weighted by molar-refractivity contribution is 0.0343. The first-order valence-corrected chi connectivity index (χ1v) is 7.00. The number of nitrogens with zero attached hydrogens (tertiary/aromatic N) is 1. The summed E-state index contributed by atoms with van der Waals surface area (Å²) in [6, 6.07) is 5.29. The second-order valence-electron chi connectivity index (χ2n) is 4.94. The SMILES string of the molecule is CC(CN1CCOCC1)NCc1ccc(Cl)c(F)c1. The van der Waals surface area contributed by atoms with Crippen LogP contribution in [0.1, 0.15) is 12.5 Å². The summed E-state index contributed by atoms with van der Waals surface area (Å²) < 4.78 is 18.6. The summed E-state index contributed by atoms with van der Waals surface area (Å²) >= 11 is 5.66. The number of morpholine rings is 1. The van der Waals surface area contributed by atoms with Crippen LogP contribution >= 0.6 is 11.6 Å². The van der Waals surface area contributed by atoms with Crippen molar-refractivity contribution in [3.8, 4) is 0 Å². The molecule has 5 heteroatoms. The Balaban J connectivity index is 1.75. The molecular weight excluding hydrogens is 267 g/mol. The van der Waals surface area contributed by atoms with Gasteiger partial charge in [0.25, 0.3) is 0 Å². The van der Waals surface area contributed by atoms with Crippen LogP contribution < -0.4 is 5.32 Å². The molecule has 3 nitrogen and oxygen atoms in total. The highest BCUT2D eigenvalue weighted by molar-refractivity contribution is 6.30. The highest BCUT2D eigenvalue weighted by Crippen LogP contribution is 2.15. The largest absolute Gasteiger partial charge is 0.379 e. The lowest BCUT2D eigenvalue weighted by Crippen LogP contribution is -2.44. The molecule has 2 rings (SSSR count). The summed E-state index contributed by atoms with van der Waals surface area (Å²) in [5, 5.41) is 3.57. The van der Waals surface area contributed by atoms with Crippen molar-refractivity contribution in [1.29, 1.82) is 0 Å². The van der Waals surface area contributed by atoms with Crippen molar-refractivity contribution in [2.45, 2.75) is 19.5 Å². The Morgan fingerprint density at radius 3 is 2.84 bits per heavy atom. The van der Waals surface area contributed by atoms with Gasteiger partial charge in [0.15, 0.2) is 0 Å². The van der Waals surface area contributed by atoms with Crippen LogP contribution in [-0.2, 0) is 11.3 Å². The predicted octanol–water partition coefficient (Wildman–Crippen LogP) is 2.29. The van der Waals surface area contributed by atoms with Crippen LogP contribution in [0.15, 0.2) is 18.2 Å². The van der Waals surface area contributed by atoms with Gasteiger partial charge in [-0.2, -0.15) is 0 Å². The predicted molar refractivity (Wildman–Crippen MR) is 75.0 cm³/mol. The molecule has 1 aliphatic heterocycles. The highest BCUT2D eigenvalue weighted by Gasteiger charge is 2.13. The molecule has 1 heterocycles. The van der Waals surface area contributed by atoms with E-state index in [9.17, 15) is 4.39 Å². The van der Waals surface area contributed by atoms with Gasteiger partial charge < -0.3 is 10.1 Å². The van der Waals surface area contributed by atoms with E-state index in [1.807, 2.05) is 6.07 Å². The third-order valence-corrected chi connectivity index (χ3v) is 3.58. The van der Waals surface area contributed by atoms with Gasteiger partial charge in [-0.05, 0) is 24.6 Å². The van der Waals surface area contributed by atoms with Crippen molar-refractivity contribution in [2.75, 3.05) is 32.8 Å². The van der Waals surface area contributed by atoms with Gasteiger partial charge >= 0.3 is 0 Å². The van der Waals surface area contributed by atoms with Crippen molar-refractivity contribution < 1.29 is 9.13 Å². The number of hydrogen-bond acceptors (Lipinski definition) is 3. The summed E-state index contributed by atoms with van der Waals surface area (Å²) in [7, 11) is 0. The Hall–Kier alpha value is -0.680. The lowest BCUT2D eigenvalue weighted by Gasteiger charge is -2.29. The van der Waals surface area contributed by atoms with E-state index < -0.39 is 0 Å². The third kappa shape index (κ3) is 4.73. The van der Waals surface area contributed by atoms with E-state index >= 15 is 0 Å². The summed E-state index contributed by atoms with van der Waals surface area (Å²) in [6.45, 7) is 7.38. The van der Waals surface area contributed by atoms with Crippen LogP contribution in [0.5, 0.6) is 0 Å². The molecule has 1 saturated heterocycles. The highest BCUT2D eigenvalue weighted by atomic mass is 35.5. The zero-order valence-corrected chi connectivity index (χ0v) is 11.9. The molecule has 1 atom stereocenters. The van der Waals surface area contributed by atoms with E-state index in [0.717, 1.165) is 38.4 Å². The van der Waals surface area contributed by atoms with E-state index in [4.69, 9.17) is 16.3 Å². The standard InChI is InChI=1S/C14H20ClFN2O/c1-11(10-18-4-6-19-7-5-18)17-9-12-2-3-13(15)14(16)8-12/h2-3,8,11,17H,4-7,9-10H2,1H3. The molecular formula is C14H20ClFN2O. The van der Waals surface area contributed by atoms with Crippen molar-refractivity contribution in [2.24, 2.45) is 0 Å². The zero-order valence-electron chi connectivity index (χ0n) is 11.2. The molecule has 1 fully saturated rings. The molecule has 0 bridgehead atoms. The van der Waals surface area contributed by atoms with Crippen molar-refractivity contribution >= 4 is 11.6 Å². The van der Waals surface area contributed by atoms with E-state index in [1.54, 1.807) is 6.07 Å². The lowest BCUT2D eigenvalue weighted by atomic mass is 10.2. The number of benzene rings is 1. The van der Waals surface area contributed by atoms with E-state index in [1.165, 1.54) is 6.07 Å². The van der Waals surface area contributed by atoms with Gasteiger partial charge in [0.2, 0.25) is 0 Å². The second-order valence-corrected chi connectivity index (χ2v) is 5.35. The molecule has 0 radical (unpaired) electrons. The molecule has 0 saturated carbocycles. The number of halogens is 2. The average molecular weight is 287 g/mol. The van der Waals surface area contributed by atoms with Gasteiger partial charge in [-0.15, -0.1) is 0 Å². The van der Waals surface area contributed by atoms with Gasteiger partial charge in [0.05, 0.1) is 18.2 Å². The first kappa shape index (κ1) is 14.7.